The minimum Gasteiger partial charge on any atom is -0.348 e. The van der Waals surface area contributed by atoms with Gasteiger partial charge in [0.25, 0.3) is 5.91 Å². The zero-order chi connectivity index (χ0) is 13.1. The van der Waals surface area contributed by atoms with Crippen LogP contribution in [0.3, 0.4) is 0 Å². The SMILES string of the molecule is CN(CCNC(=O)c1nccn1C)S(C)(=O)=O. The molecular formula is C9H16N4O3S. The Balaban J connectivity index is 2.43. The molecule has 0 fully saturated rings. The molecule has 0 saturated carbocycles. The summed E-state index contributed by atoms with van der Waals surface area (Å²) in [7, 11) is -0.0281. The first kappa shape index (κ1) is 13.7. The van der Waals surface area contributed by atoms with Crippen LogP contribution in [0.15, 0.2) is 12.4 Å². The Hall–Kier alpha value is -1.41. The summed E-state index contributed by atoms with van der Waals surface area (Å²) < 4.78 is 24.9. The third-order valence-electron chi connectivity index (χ3n) is 2.30. The molecule has 0 bridgehead atoms. The number of nitrogens with one attached hydrogen (secondary N) is 1. The van der Waals surface area contributed by atoms with Crippen molar-refractivity contribution in [2.75, 3.05) is 26.4 Å². The van der Waals surface area contributed by atoms with Gasteiger partial charge in [0.1, 0.15) is 0 Å². The van der Waals surface area contributed by atoms with Gasteiger partial charge < -0.3 is 9.88 Å². The van der Waals surface area contributed by atoms with Crippen LogP contribution in [0.2, 0.25) is 0 Å². The Morgan fingerprint density at radius 2 is 2.24 bits per heavy atom. The predicted molar refractivity (Wildman–Crippen MR) is 63.0 cm³/mol. The summed E-state index contributed by atoms with van der Waals surface area (Å²) in [4.78, 5) is 15.5. The lowest BCUT2D eigenvalue weighted by Crippen LogP contribution is -2.36. The molecule has 0 saturated heterocycles. The summed E-state index contributed by atoms with van der Waals surface area (Å²) in [6.45, 7) is 0.476. The summed E-state index contributed by atoms with van der Waals surface area (Å²) in [5.74, 6) is -0.0218. The number of hydrogen-bond donors (Lipinski definition) is 1. The number of amides is 1. The maximum Gasteiger partial charge on any atom is 0.287 e. The van der Waals surface area contributed by atoms with Crippen molar-refractivity contribution in [1.82, 2.24) is 19.2 Å². The second kappa shape index (κ2) is 5.28. The molecule has 8 heteroatoms. The Bertz CT molecular complexity index is 494. The van der Waals surface area contributed by atoms with E-state index in [2.05, 4.69) is 10.3 Å². The zero-order valence-corrected chi connectivity index (χ0v) is 10.9. The van der Waals surface area contributed by atoms with Crippen LogP contribution < -0.4 is 5.32 Å². The third kappa shape index (κ3) is 3.82. The second-order valence-electron chi connectivity index (χ2n) is 3.70. The van der Waals surface area contributed by atoms with E-state index < -0.39 is 10.0 Å². The number of carbonyl (C=O) groups excluding carboxylic acids is 1. The molecule has 17 heavy (non-hydrogen) atoms. The molecule has 0 aromatic carbocycles. The van der Waals surface area contributed by atoms with Gasteiger partial charge in [0.05, 0.1) is 6.26 Å². The summed E-state index contributed by atoms with van der Waals surface area (Å²) in [5, 5.41) is 2.60. The van der Waals surface area contributed by atoms with E-state index in [9.17, 15) is 13.2 Å². The molecule has 7 nitrogen and oxygen atoms in total. The van der Waals surface area contributed by atoms with E-state index in [0.29, 0.717) is 5.82 Å². The summed E-state index contributed by atoms with van der Waals surface area (Å²) in [5.41, 5.74) is 0. The highest BCUT2D eigenvalue weighted by Crippen LogP contribution is 1.94. The number of imidazole rings is 1. The van der Waals surface area contributed by atoms with E-state index in [-0.39, 0.29) is 19.0 Å². The van der Waals surface area contributed by atoms with Crippen LogP contribution in [-0.2, 0) is 17.1 Å². The summed E-state index contributed by atoms with van der Waals surface area (Å²) in [6.07, 6.45) is 4.31. The normalized spacial score (nSPS) is 11.8. The summed E-state index contributed by atoms with van der Waals surface area (Å²) >= 11 is 0. The van der Waals surface area contributed by atoms with Crippen LogP contribution in [0, 0.1) is 0 Å². The van der Waals surface area contributed by atoms with Gasteiger partial charge in [-0.1, -0.05) is 0 Å². The highest BCUT2D eigenvalue weighted by Gasteiger charge is 2.13. The highest BCUT2D eigenvalue weighted by atomic mass is 32.2. The summed E-state index contributed by atoms with van der Waals surface area (Å²) in [6, 6.07) is 0. The second-order valence-corrected chi connectivity index (χ2v) is 5.79. The maximum atomic E-state index is 11.6. The molecule has 1 heterocycles. The van der Waals surface area contributed by atoms with Crippen molar-refractivity contribution in [1.29, 1.82) is 0 Å². The molecular weight excluding hydrogens is 244 g/mol. The lowest BCUT2D eigenvalue weighted by Gasteiger charge is -2.14. The largest absolute Gasteiger partial charge is 0.348 e. The minimum absolute atomic E-state index is 0.231. The van der Waals surface area contributed by atoms with Gasteiger partial charge in [0.2, 0.25) is 10.0 Å². The fraction of sp³-hybridized carbons (Fsp3) is 0.556. The molecule has 0 spiro atoms. The van der Waals surface area contributed by atoms with E-state index >= 15 is 0 Å². The number of carbonyl (C=O) groups is 1. The molecule has 96 valence electrons. The molecule has 0 atom stereocenters. The number of likely N-dealkylation sites (N-methyl/N-ethyl adjacent to an activating group) is 1. The molecule has 1 aromatic rings. The molecule has 0 unspecified atom stereocenters. The van der Waals surface area contributed by atoms with Crippen molar-refractivity contribution in [3.8, 4) is 0 Å². The monoisotopic (exact) mass is 260 g/mol. The number of aromatic nitrogens is 2. The van der Waals surface area contributed by atoms with Gasteiger partial charge in [-0.25, -0.2) is 17.7 Å². The lowest BCUT2D eigenvalue weighted by atomic mass is 10.5. The molecule has 1 aromatic heterocycles. The first-order chi connectivity index (χ1) is 7.82. The van der Waals surface area contributed by atoms with Gasteiger partial charge in [-0.3, -0.25) is 4.79 Å². The van der Waals surface area contributed by atoms with Crippen LogP contribution >= 0.6 is 0 Å². The van der Waals surface area contributed by atoms with Gasteiger partial charge in [0.15, 0.2) is 5.82 Å². The lowest BCUT2D eigenvalue weighted by molar-refractivity contribution is 0.0939. The van der Waals surface area contributed by atoms with Crippen LogP contribution in [-0.4, -0.2) is 54.6 Å². The van der Waals surface area contributed by atoms with Crippen molar-refractivity contribution in [3.63, 3.8) is 0 Å². The molecule has 1 N–H and O–H groups in total. The van der Waals surface area contributed by atoms with Crippen molar-refractivity contribution in [2.45, 2.75) is 0 Å². The van der Waals surface area contributed by atoms with E-state index in [4.69, 9.17) is 0 Å². The van der Waals surface area contributed by atoms with Crippen LogP contribution in [0.5, 0.6) is 0 Å². The van der Waals surface area contributed by atoms with Crippen LogP contribution in [0.25, 0.3) is 0 Å². The van der Waals surface area contributed by atoms with Gasteiger partial charge in [0, 0.05) is 39.6 Å². The molecule has 0 aliphatic heterocycles. The average Bonchev–Trinajstić information content (AvgIpc) is 2.62. The fourth-order valence-corrected chi connectivity index (χ4v) is 1.58. The molecule has 0 aliphatic carbocycles. The predicted octanol–water partition coefficient (Wildman–Crippen LogP) is -0.959. The van der Waals surface area contributed by atoms with Crippen molar-refractivity contribution in [3.05, 3.63) is 18.2 Å². The molecule has 0 radical (unpaired) electrons. The van der Waals surface area contributed by atoms with Gasteiger partial charge in [-0.05, 0) is 0 Å². The van der Waals surface area contributed by atoms with E-state index in [0.717, 1.165) is 6.26 Å². The Kier molecular flexibility index (Phi) is 4.24. The topological polar surface area (TPSA) is 84.3 Å². The van der Waals surface area contributed by atoms with Crippen molar-refractivity contribution >= 4 is 15.9 Å². The van der Waals surface area contributed by atoms with Gasteiger partial charge in [-0.15, -0.1) is 0 Å². The van der Waals surface area contributed by atoms with Crippen molar-refractivity contribution < 1.29 is 13.2 Å². The van der Waals surface area contributed by atoms with Crippen LogP contribution in [0.1, 0.15) is 10.6 Å². The zero-order valence-electron chi connectivity index (χ0n) is 10.0. The minimum atomic E-state index is -3.20. The smallest absolute Gasteiger partial charge is 0.287 e. The number of hydrogen-bond acceptors (Lipinski definition) is 4. The van der Waals surface area contributed by atoms with E-state index in [1.807, 2.05) is 0 Å². The third-order valence-corrected chi connectivity index (χ3v) is 3.62. The van der Waals surface area contributed by atoms with E-state index in [1.54, 1.807) is 17.8 Å². The Labute approximate surface area is 100 Å². The Morgan fingerprint density at radius 1 is 1.59 bits per heavy atom. The Morgan fingerprint density at radius 3 is 2.71 bits per heavy atom. The quantitative estimate of drug-likeness (QED) is 0.739. The van der Waals surface area contributed by atoms with E-state index in [1.165, 1.54) is 17.5 Å². The van der Waals surface area contributed by atoms with Crippen molar-refractivity contribution in [2.24, 2.45) is 7.05 Å². The highest BCUT2D eigenvalue weighted by molar-refractivity contribution is 7.88. The number of sulfonamides is 1. The fourth-order valence-electron chi connectivity index (χ4n) is 1.16. The number of rotatable bonds is 5. The average molecular weight is 260 g/mol. The van der Waals surface area contributed by atoms with Crippen LogP contribution in [0.4, 0.5) is 0 Å². The molecule has 1 rings (SSSR count). The first-order valence-electron chi connectivity index (χ1n) is 4.99. The molecule has 1 amide bonds. The maximum absolute atomic E-state index is 11.6. The number of aryl methyl sites for hydroxylation is 1. The number of nitrogens with zero attached hydrogens (tertiary/aromatic N) is 3. The standard InChI is InChI=1S/C9H16N4O3S/c1-12-6-4-10-8(12)9(14)11-5-7-13(2)17(3,15)16/h4,6H,5,7H2,1-3H3,(H,11,14). The van der Waals surface area contributed by atoms with Gasteiger partial charge in [-0.2, -0.15) is 0 Å². The molecule has 0 aliphatic rings. The van der Waals surface area contributed by atoms with Gasteiger partial charge >= 0.3 is 0 Å². The first-order valence-corrected chi connectivity index (χ1v) is 6.84.